The van der Waals surface area contributed by atoms with E-state index in [0.717, 1.165) is 40.2 Å². The first-order valence-electron chi connectivity index (χ1n) is 11.3. The molecule has 8 heteroatoms. The summed E-state index contributed by atoms with van der Waals surface area (Å²) in [5.41, 5.74) is 12.6. The molecule has 1 saturated carbocycles. The zero-order valence-corrected chi connectivity index (χ0v) is 18.6. The van der Waals surface area contributed by atoms with Crippen LogP contribution in [0, 0.1) is 11.7 Å². The normalized spacial score (nSPS) is 17.2. The van der Waals surface area contributed by atoms with E-state index in [1.807, 2.05) is 32.4 Å². The Kier molecular flexibility index (Phi) is 4.50. The smallest absolute Gasteiger partial charge is 0.166 e. The molecule has 1 fully saturated rings. The minimum absolute atomic E-state index is 0.300. The maximum atomic E-state index is 14.3. The highest BCUT2D eigenvalue weighted by atomic mass is 19.1. The maximum absolute atomic E-state index is 14.3. The lowest BCUT2D eigenvalue weighted by atomic mass is 9.95. The average molecular weight is 445 g/mol. The highest BCUT2D eigenvalue weighted by Gasteiger charge is 2.27. The first-order valence-corrected chi connectivity index (χ1v) is 11.3. The Labute approximate surface area is 191 Å². The quantitative estimate of drug-likeness (QED) is 0.491. The summed E-state index contributed by atoms with van der Waals surface area (Å²) in [6.07, 6.45) is 8.40. The van der Waals surface area contributed by atoms with Crippen LogP contribution in [0.1, 0.15) is 42.6 Å². The average Bonchev–Trinajstić information content (AvgIpc) is 3.41. The van der Waals surface area contributed by atoms with E-state index in [0.29, 0.717) is 29.5 Å². The molecule has 0 radical (unpaired) electrons. The number of hydrogen-bond donors (Lipinski definition) is 1. The Bertz CT molecular complexity index is 1370. The van der Waals surface area contributed by atoms with Gasteiger partial charge in [-0.05, 0) is 49.9 Å². The number of aryl methyl sites for hydroxylation is 1. The van der Waals surface area contributed by atoms with Gasteiger partial charge in [0.25, 0.3) is 0 Å². The molecular formula is C25H25FN6O. The summed E-state index contributed by atoms with van der Waals surface area (Å²) in [6, 6.07) is 6.67. The molecule has 1 atom stereocenters. The fourth-order valence-corrected chi connectivity index (χ4v) is 4.69. The van der Waals surface area contributed by atoms with Crippen molar-refractivity contribution in [2.24, 2.45) is 13.0 Å². The molecule has 0 saturated heterocycles. The fraction of sp³-hybridized carbons (Fsp3) is 0.320. The molecule has 1 aliphatic carbocycles. The third-order valence-corrected chi connectivity index (χ3v) is 6.49. The van der Waals surface area contributed by atoms with Crippen LogP contribution in [0.3, 0.4) is 0 Å². The zero-order chi connectivity index (χ0) is 22.7. The predicted molar refractivity (Wildman–Crippen MR) is 123 cm³/mol. The number of halogens is 1. The van der Waals surface area contributed by atoms with Gasteiger partial charge in [-0.15, -0.1) is 0 Å². The predicted octanol–water partition coefficient (Wildman–Crippen LogP) is 4.52. The van der Waals surface area contributed by atoms with E-state index in [1.54, 1.807) is 16.9 Å². The largest absolute Gasteiger partial charge is 0.482 e. The molecule has 168 valence electrons. The summed E-state index contributed by atoms with van der Waals surface area (Å²) in [4.78, 5) is 4.42. The molecule has 4 aromatic rings. The molecule has 1 aromatic carbocycles. The molecule has 2 aliphatic rings. The molecule has 0 amide bonds. The van der Waals surface area contributed by atoms with E-state index in [1.165, 1.54) is 25.0 Å². The van der Waals surface area contributed by atoms with Crippen LogP contribution in [0.2, 0.25) is 0 Å². The lowest BCUT2D eigenvalue weighted by Crippen LogP contribution is -2.10. The van der Waals surface area contributed by atoms with Gasteiger partial charge >= 0.3 is 0 Å². The SMILES string of the molecule is CC1Oc2cc(cnc2N)-c2c(cnn2CC2CC2)Cc2cn(C)nc2-c2ccc(F)cc21. The van der Waals surface area contributed by atoms with Crippen LogP contribution in [-0.4, -0.2) is 24.5 Å². The van der Waals surface area contributed by atoms with Gasteiger partial charge in [-0.1, -0.05) is 0 Å². The summed E-state index contributed by atoms with van der Waals surface area (Å²) < 4.78 is 24.4. The second kappa shape index (κ2) is 7.43. The van der Waals surface area contributed by atoms with E-state index >= 15 is 0 Å². The van der Waals surface area contributed by atoms with Crippen LogP contribution in [0.15, 0.2) is 42.9 Å². The number of fused-ring (bicyclic) bond motifs is 7. The number of anilines is 1. The van der Waals surface area contributed by atoms with E-state index in [2.05, 4.69) is 9.67 Å². The number of aromatic nitrogens is 5. The van der Waals surface area contributed by atoms with E-state index in [-0.39, 0.29) is 5.82 Å². The molecule has 6 rings (SSSR count). The van der Waals surface area contributed by atoms with Gasteiger partial charge in [0.1, 0.15) is 11.9 Å². The van der Waals surface area contributed by atoms with Gasteiger partial charge in [-0.3, -0.25) is 9.36 Å². The zero-order valence-electron chi connectivity index (χ0n) is 18.6. The number of nitrogens with zero attached hydrogens (tertiary/aromatic N) is 5. The van der Waals surface area contributed by atoms with Gasteiger partial charge < -0.3 is 10.5 Å². The second-order valence-corrected chi connectivity index (χ2v) is 9.10. The molecule has 2 bridgehead atoms. The molecule has 1 unspecified atom stereocenters. The van der Waals surface area contributed by atoms with Crippen molar-refractivity contribution in [1.82, 2.24) is 24.5 Å². The van der Waals surface area contributed by atoms with Crippen LogP contribution < -0.4 is 10.5 Å². The van der Waals surface area contributed by atoms with E-state index < -0.39 is 6.10 Å². The van der Waals surface area contributed by atoms with Crippen molar-refractivity contribution in [3.05, 3.63) is 65.4 Å². The number of nitrogen functional groups attached to an aromatic ring is 1. The van der Waals surface area contributed by atoms with Crippen LogP contribution >= 0.6 is 0 Å². The molecule has 0 spiro atoms. The maximum Gasteiger partial charge on any atom is 0.166 e. The standard InChI is InChI=1S/C25H25FN6O/c1-14-21-9-19(26)5-6-20(21)23-18(13-31(2)30-23)7-16-11-29-32(12-15-3-4-15)24(16)17-8-22(33-14)25(27)28-10-17/h5-6,8-11,13-15H,3-4,7,12H2,1-2H3,(H2,27,28). The number of rotatable bonds is 2. The van der Waals surface area contributed by atoms with Crippen molar-refractivity contribution in [2.45, 2.75) is 38.8 Å². The third-order valence-electron chi connectivity index (χ3n) is 6.49. The van der Waals surface area contributed by atoms with Gasteiger partial charge in [0, 0.05) is 60.2 Å². The Morgan fingerprint density at radius 1 is 1.18 bits per heavy atom. The Balaban J connectivity index is 1.60. The Morgan fingerprint density at radius 2 is 2.03 bits per heavy atom. The van der Waals surface area contributed by atoms with E-state index in [9.17, 15) is 4.39 Å². The summed E-state index contributed by atoms with van der Waals surface area (Å²) >= 11 is 0. The van der Waals surface area contributed by atoms with Crippen molar-refractivity contribution >= 4 is 5.82 Å². The molecule has 7 nitrogen and oxygen atoms in total. The van der Waals surface area contributed by atoms with Crippen LogP contribution in [-0.2, 0) is 20.0 Å². The summed E-state index contributed by atoms with van der Waals surface area (Å²) in [5.74, 6) is 1.12. The topological polar surface area (TPSA) is 83.8 Å². The van der Waals surface area contributed by atoms with Crippen LogP contribution in [0.5, 0.6) is 5.75 Å². The molecule has 2 N–H and O–H groups in total. The van der Waals surface area contributed by atoms with Gasteiger partial charge in [0.05, 0.1) is 17.6 Å². The molecule has 33 heavy (non-hydrogen) atoms. The highest BCUT2D eigenvalue weighted by molar-refractivity contribution is 5.71. The van der Waals surface area contributed by atoms with Crippen molar-refractivity contribution in [2.75, 3.05) is 5.73 Å². The van der Waals surface area contributed by atoms with E-state index in [4.69, 9.17) is 20.7 Å². The summed E-state index contributed by atoms with van der Waals surface area (Å²) in [7, 11) is 1.90. The number of benzene rings is 1. The van der Waals surface area contributed by atoms with Gasteiger partial charge in [0.2, 0.25) is 0 Å². The van der Waals surface area contributed by atoms with Gasteiger partial charge in [-0.2, -0.15) is 10.2 Å². The number of hydrogen-bond acceptors (Lipinski definition) is 5. The number of pyridine rings is 1. The molecule has 3 aromatic heterocycles. The monoisotopic (exact) mass is 444 g/mol. The minimum Gasteiger partial charge on any atom is -0.482 e. The number of ether oxygens (including phenoxy) is 1. The minimum atomic E-state index is -0.458. The van der Waals surface area contributed by atoms with Gasteiger partial charge in [-0.25, -0.2) is 9.37 Å². The Morgan fingerprint density at radius 3 is 2.85 bits per heavy atom. The molecular weight excluding hydrogens is 419 g/mol. The van der Waals surface area contributed by atoms with Gasteiger partial charge in [0.15, 0.2) is 11.6 Å². The van der Waals surface area contributed by atoms with Crippen molar-refractivity contribution in [1.29, 1.82) is 0 Å². The first-order chi connectivity index (χ1) is 16.0. The molecule has 1 aliphatic heterocycles. The summed E-state index contributed by atoms with van der Waals surface area (Å²) in [5, 5.41) is 9.48. The molecule has 4 heterocycles. The van der Waals surface area contributed by atoms with Crippen LogP contribution in [0.4, 0.5) is 10.2 Å². The lowest BCUT2D eigenvalue weighted by Gasteiger charge is -2.21. The fourth-order valence-electron chi connectivity index (χ4n) is 4.69. The Hall–Kier alpha value is -3.68. The van der Waals surface area contributed by atoms with Crippen molar-refractivity contribution in [3.8, 4) is 28.3 Å². The summed E-state index contributed by atoms with van der Waals surface area (Å²) in [6.45, 7) is 2.77. The van der Waals surface area contributed by atoms with Crippen molar-refractivity contribution < 1.29 is 9.13 Å². The first kappa shape index (κ1) is 20.0. The highest BCUT2D eigenvalue weighted by Crippen LogP contribution is 2.39. The van der Waals surface area contributed by atoms with Crippen molar-refractivity contribution in [3.63, 3.8) is 0 Å². The number of nitrogens with two attached hydrogens (primary N) is 1. The van der Waals surface area contributed by atoms with Crippen LogP contribution in [0.25, 0.3) is 22.5 Å². The third kappa shape index (κ3) is 3.55. The lowest BCUT2D eigenvalue weighted by molar-refractivity contribution is 0.227. The second-order valence-electron chi connectivity index (χ2n) is 9.10.